The number of halogens is 1. The first-order valence-electron chi connectivity index (χ1n) is 8.42. The second-order valence-corrected chi connectivity index (χ2v) is 6.90. The normalized spacial score (nSPS) is 10.6. The van der Waals surface area contributed by atoms with Crippen LogP contribution in [0.25, 0.3) is 22.5 Å². The molecule has 0 spiro atoms. The van der Waals surface area contributed by atoms with Crippen LogP contribution >= 0.6 is 15.9 Å². The van der Waals surface area contributed by atoms with Gasteiger partial charge in [-0.15, -0.1) is 10.2 Å². The molecule has 0 saturated heterocycles. The monoisotopic (exact) mass is 434 g/mol. The number of carbonyl (C=O) groups is 1. The summed E-state index contributed by atoms with van der Waals surface area (Å²) in [6.45, 7) is 0. The van der Waals surface area contributed by atoms with Crippen molar-refractivity contribution >= 4 is 33.3 Å². The van der Waals surface area contributed by atoms with E-state index in [9.17, 15) is 4.79 Å². The highest BCUT2D eigenvalue weighted by Gasteiger charge is 2.21. The smallest absolute Gasteiger partial charge is 0.323 e. The number of nitrogens with one attached hydrogen (secondary N) is 1. The van der Waals surface area contributed by atoms with Crippen LogP contribution < -0.4 is 10.6 Å². The molecule has 28 heavy (non-hydrogen) atoms. The number of benzene rings is 3. The van der Waals surface area contributed by atoms with E-state index in [1.54, 1.807) is 6.07 Å². The third kappa shape index (κ3) is 3.49. The lowest BCUT2D eigenvalue weighted by Crippen LogP contribution is -2.31. The Kier molecular flexibility index (Phi) is 4.86. The summed E-state index contributed by atoms with van der Waals surface area (Å²) in [5.41, 5.74) is 9.59. The van der Waals surface area contributed by atoms with Crippen molar-refractivity contribution in [3.63, 3.8) is 0 Å². The van der Waals surface area contributed by atoms with E-state index < -0.39 is 6.03 Å². The number of carbonyl (C=O) groups excluding carboxylic acids is 1. The Morgan fingerprint density at radius 3 is 2.46 bits per heavy atom. The van der Waals surface area contributed by atoms with Gasteiger partial charge in [0.2, 0.25) is 5.82 Å². The number of H-pyrrole nitrogens is 1. The number of urea groups is 1. The minimum absolute atomic E-state index is 0.363. The van der Waals surface area contributed by atoms with Crippen LogP contribution in [0.1, 0.15) is 0 Å². The largest absolute Gasteiger partial charge is 0.351 e. The summed E-state index contributed by atoms with van der Waals surface area (Å²) >= 11 is 3.45. The zero-order chi connectivity index (χ0) is 19.5. The SMILES string of the molecule is NC(=O)N(c1cccc(-c2ccccc2)c1)c1ccc(Br)cc1-c1nn[nH]n1. The van der Waals surface area contributed by atoms with Gasteiger partial charge in [0.1, 0.15) is 0 Å². The van der Waals surface area contributed by atoms with Crippen molar-refractivity contribution in [3.8, 4) is 22.5 Å². The number of amides is 2. The molecule has 8 heteroatoms. The Morgan fingerprint density at radius 1 is 0.964 bits per heavy atom. The standard InChI is InChI=1S/C20H15BrN6O/c21-15-9-10-18(17(12-15)19-23-25-26-24-19)27(20(22)28)16-8-4-7-14(11-16)13-5-2-1-3-6-13/h1-12H,(H2,22,28)(H,23,24,25,26). The van der Waals surface area contributed by atoms with Crippen molar-refractivity contribution in [3.05, 3.63) is 77.3 Å². The molecular weight excluding hydrogens is 420 g/mol. The second-order valence-electron chi connectivity index (χ2n) is 5.99. The van der Waals surface area contributed by atoms with Crippen LogP contribution in [0.5, 0.6) is 0 Å². The first-order chi connectivity index (χ1) is 13.6. The zero-order valence-corrected chi connectivity index (χ0v) is 16.2. The highest BCUT2D eigenvalue weighted by Crippen LogP contribution is 2.36. The molecule has 4 rings (SSSR count). The number of aromatic nitrogens is 4. The average molecular weight is 435 g/mol. The van der Waals surface area contributed by atoms with Gasteiger partial charge in [0.15, 0.2) is 0 Å². The van der Waals surface area contributed by atoms with Crippen LogP contribution in [0.15, 0.2) is 77.3 Å². The third-order valence-electron chi connectivity index (χ3n) is 4.22. The molecule has 0 atom stereocenters. The van der Waals surface area contributed by atoms with Crippen molar-refractivity contribution in [2.45, 2.75) is 0 Å². The lowest BCUT2D eigenvalue weighted by molar-refractivity contribution is 0.256. The number of nitrogens with two attached hydrogens (primary N) is 1. The number of aromatic amines is 1. The van der Waals surface area contributed by atoms with Crippen LogP contribution in [0.2, 0.25) is 0 Å². The number of rotatable bonds is 4. The number of anilines is 2. The predicted molar refractivity (Wildman–Crippen MR) is 111 cm³/mol. The molecule has 7 nitrogen and oxygen atoms in total. The fraction of sp³-hybridized carbons (Fsp3) is 0. The number of tetrazole rings is 1. The van der Waals surface area contributed by atoms with Gasteiger partial charge in [-0.2, -0.15) is 5.21 Å². The maximum Gasteiger partial charge on any atom is 0.323 e. The summed E-state index contributed by atoms with van der Waals surface area (Å²) in [5, 5.41) is 14.1. The van der Waals surface area contributed by atoms with E-state index in [0.717, 1.165) is 15.6 Å². The van der Waals surface area contributed by atoms with Gasteiger partial charge in [-0.3, -0.25) is 4.90 Å². The summed E-state index contributed by atoms with van der Waals surface area (Å²) in [5.74, 6) is 0.363. The van der Waals surface area contributed by atoms with Crippen molar-refractivity contribution in [1.82, 2.24) is 20.6 Å². The predicted octanol–water partition coefficient (Wildman–Crippen LogP) is 4.51. The van der Waals surface area contributed by atoms with Gasteiger partial charge in [-0.25, -0.2) is 4.79 Å². The highest BCUT2D eigenvalue weighted by atomic mass is 79.9. The van der Waals surface area contributed by atoms with Crippen molar-refractivity contribution in [2.24, 2.45) is 5.73 Å². The number of hydrogen-bond acceptors (Lipinski definition) is 4. The highest BCUT2D eigenvalue weighted by molar-refractivity contribution is 9.10. The van der Waals surface area contributed by atoms with Crippen molar-refractivity contribution < 1.29 is 4.79 Å². The molecule has 1 aromatic heterocycles. The summed E-state index contributed by atoms with van der Waals surface area (Å²) < 4.78 is 0.818. The molecule has 4 aromatic rings. The molecule has 0 aliphatic carbocycles. The quantitative estimate of drug-likeness (QED) is 0.493. The maximum absolute atomic E-state index is 12.4. The lowest BCUT2D eigenvalue weighted by atomic mass is 10.0. The molecule has 0 unspecified atom stereocenters. The summed E-state index contributed by atoms with van der Waals surface area (Å²) in [7, 11) is 0. The molecule has 3 aromatic carbocycles. The second kappa shape index (κ2) is 7.61. The first kappa shape index (κ1) is 17.9. The van der Waals surface area contributed by atoms with Gasteiger partial charge >= 0.3 is 6.03 Å². The molecule has 0 bridgehead atoms. The minimum Gasteiger partial charge on any atom is -0.351 e. The Morgan fingerprint density at radius 2 is 1.75 bits per heavy atom. The van der Waals surface area contributed by atoms with E-state index >= 15 is 0 Å². The van der Waals surface area contributed by atoms with Gasteiger partial charge in [-0.1, -0.05) is 58.4 Å². The van der Waals surface area contributed by atoms with Gasteiger partial charge in [0.25, 0.3) is 0 Å². The van der Waals surface area contributed by atoms with E-state index in [0.29, 0.717) is 22.8 Å². The molecule has 0 radical (unpaired) electrons. The minimum atomic E-state index is -0.614. The fourth-order valence-corrected chi connectivity index (χ4v) is 3.36. The first-order valence-corrected chi connectivity index (χ1v) is 9.21. The van der Waals surface area contributed by atoms with Crippen LogP contribution in [0.4, 0.5) is 16.2 Å². The Hall–Kier alpha value is -3.52. The molecule has 0 fully saturated rings. The zero-order valence-electron chi connectivity index (χ0n) is 14.6. The third-order valence-corrected chi connectivity index (χ3v) is 4.71. The molecule has 0 saturated carbocycles. The van der Waals surface area contributed by atoms with Gasteiger partial charge in [0, 0.05) is 10.0 Å². The van der Waals surface area contributed by atoms with E-state index in [4.69, 9.17) is 5.73 Å². The Labute approximate surface area is 169 Å². The molecule has 138 valence electrons. The summed E-state index contributed by atoms with van der Waals surface area (Å²) in [6, 6.07) is 22.4. The maximum atomic E-state index is 12.4. The number of primary amides is 1. The molecule has 0 aliphatic rings. The van der Waals surface area contributed by atoms with Crippen LogP contribution in [0, 0.1) is 0 Å². The van der Waals surface area contributed by atoms with E-state index in [1.165, 1.54) is 4.90 Å². The van der Waals surface area contributed by atoms with Crippen LogP contribution in [-0.2, 0) is 0 Å². The summed E-state index contributed by atoms with van der Waals surface area (Å²) in [6.07, 6.45) is 0. The van der Waals surface area contributed by atoms with E-state index in [1.807, 2.05) is 66.7 Å². The molecule has 3 N–H and O–H groups in total. The van der Waals surface area contributed by atoms with Gasteiger partial charge in [-0.05, 0) is 46.7 Å². The van der Waals surface area contributed by atoms with E-state index in [-0.39, 0.29) is 0 Å². The van der Waals surface area contributed by atoms with Crippen LogP contribution in [0.3, 0.4) is 0 Å². The fourth-order valence-electron chi connectivity index (χ4n) is 3.00. The topological polar surface area (TPSA) is 101 Å². The van der Waals surface area contributed by atoms with Gasteiger partial charge < -0.3 is 5.73 Å². The Bertz CT molecular complexity index is 1110. The number of nitrogens with zero attached hydrogens (tertiary/aromatic N) is 4. The van der Waals surface area contributed by atoms with Crippen LogP contribution in [-0.4, -0.2) is 26.7 Å². The Balaban J connectivity index is 1.85. The summed E-state index contributed by atoms with van der Waals surface area (Å²) in [4.78, 5) is 13.9. The lowest BCUT2D eigenvalue weighted by Gasteiger charge is -2.23. The molecular formula is C20H15BrN6O. The molecule has 0 aliphatic heterocycles. The van der Waals surface area contributed by atoms with Gasteiger partial charge in [0.05, 0.1) is 11.4 Å². The van der Waals surface area contributed by atoms with Crippen molar-refractivity contribution in [1.29, 1.82) is 0 Å². The van der Waals surface area contributed by atoms with Crippen molar-refractivity contribution in [2.75, 3.05) is 4.90 Å². The molecule has 2 amide bonds. The van der Waals surface area contributed by atoms with E-state index in [2.05, 4.69) is 36.6 Å². The average Bonchev–Trinajstić information content (AvgIpc) is 3.25. The number of hydrogen-bond donors (Lipinski definition) is 2. The molecule has 1 heterocycles.